The molecular formula is C16H28O2. The molecule has 0 atom stereocenters. The number of esters is 1. The van der Waals surface area contributed by atoms with Crippen molar-refractivity contribution in [1.82, 2.24) is 0 Å². The fourth-order valence-electron chi connectivity index (χ4n) is 2.42. The lowest BCUT2D eigenvalue weighted by Crippen LogP contribution is -2.39. The molecule has 0 amide bonds. The zero-order valence-electron chi connectivity index (χ0n) is 12.9. The van der Waals surface area contributed by atoms with Crippen LogP contribution in [0.1, 0.15) is 73.6 Å². The molecule has 0 spiro atoms. The molecule has 1 aliphatic carbocycles. The number of allylic oxidation sites excluding steroid dienone is 1. The van der Waals surface area contributed by atoms with Crippen molar-refractivity contribution in [3.63, 3.8) is 0 Å². The summed E-state index contributed by atoms with van der Waals surface area (Å²) < 4.78 is 5.98. The first kappa shape index (κ1) is 15.3. The highest BCUT2D eigenvalue weighted by molar-refractivity contribution is 5.76. The molecular weight excluding hydrogens is 224 g/mol. The minimum absolute atomic E-state index is 0.0486. The summed E-state index contributed by atoms with van der Waals surface area (Å²) in [6, 6.07) is 0. The first-order valence-corrected chi connectivity index (χ1v) is 7.13. The molecule has 1 aliphatic rings. The number of carbonyl (C=O) groups is 1. The molecule has 104 valence electrons. The van der Waals surface area contributed by atoms with E-state index in [-0.39, 0.29) is 17.0 Å². The summed E-state index contributed by atoms with van der Waals surface area (Å²) in [5, 5.41) is 0. The van der Waals surface area contributed by atoms with E-state index in [2.05, 4.69) is 20.8 Å². The van der Waals surface area contributed by atoms with Crippen molar-refractivity contribution in [2.75, 3.05) is 0 Å². The van der Waals surface area contributed by atoms with Gasteiger partial charge in [0.05, 0.1) is 5.41 Å². The van der Waals surface area contributed by atoms with Crippen LogP contribution in [0.25, 0.3) is 0 Å². The largest absolute Gasteiger partial charge is 0.454 e. The Labute approximate surface area is 112 Å². The van der Waals surface area contributed by atoms with Crippen molar-refractivity contribution >= 4 is 5.97 Å². The van der Waals surface area contributed by atoms with Gasteiger partial charge in [-0.25, -0.2) is 0 Å². The van der Waals surface area contributed by atoms with Crippen molar-refractivity contribution in [2.45, 2.75) is 79.2 Å². The smallest absolute Gasteiger partial charge is 0.312 e. The van der Waals surface area contributed by atoms with Crippen LogP contribution in [0.2, 0.25) is 0 Å². The predicted molar refractivity (Wildman–Crippen MR) is 75.4 cm³/mol. The minimum Gasteiger partial charge on any atom is -0.454 e. The summed E-state index contributed by atoms with van der Waals surface area (Å²) >= 11 is 0. The molecule has 0 N–H and O–H groups in total. The topological polar surface area (TPSA) is 26.3 Å². The minimum atomic E-state index is -0.377. The van der Waals surface area contributed by atoms with Gasteiger partial charge in [0.2, 0.25) is 0 Å². The summed E-state index contributed by atoms with van der Waals surface area (Å²) in [4.78, 5) is 12.3. The molecule has 2 nitrogen and oxygen atoms in total. The molecule has 2 heteroatoms. The van der Waals surface area contributed by atoms with Gasteiger partial charge in [0.25, 0.3) is 0 Å². The van der Waals surface area contributed by atoms with Crippen LogP contribution in [-0.2, 0) is 9.53 Å². The van der Waals surface area contributed by atoms with E-state index in [0.717, 1.165) is 32.1 Å². The maximum atomic E-state index is 12.3. The zero-order valence-corrected chi connectivity index (χ0v) is 12.9. The van der Waals surface area contributed by atoms with Crippen LogP contribution in [0.15, 0.2) is 11.1 Å². The summed E-state index contributed by atoms with van der Waals surface area (Å²) in [6.45, 7) is 12.3. The standard InChI is InChI=1S/C16H28O2/c1-7-15(5,6)14(17)18-16(10-8-9-11-16)13(4)12(2)3/h7-11H2,1-6H3. The molecule has 0 aliphatic heterocycles. The molecule has 0 aromatic carbocycles. The third kappa shape index (κ3) is 2.96. The van der Waals surface area contributed by atoms with E-state index in [9.17, 15) is 4.79 Å². The van der Waals surface area contributed by atoms with Gasteiger partial charge in [-0.3, -0.25) is 4.79 Å². The summed E-state index contributed by atoms with van der Waals surface area (Å²) in [5.74, 6) is -0.0486. The Morgan fingerprint density at radius 3 is 2.06 bits per heavy atom. The Hall–Kier alpha value is -0.790. The fraction of sp³-hybridized carbons (Fsp3) is 0.812. The van der Waals surface area contributed by atoms with Crippen LogP contribution >= 0.6 is 0 Å². The van der Waals surface area contributed by atoms with Gasteiger partial charge in [-0.15, -0.1) is 0 Å². The van der Waals surface area contributed by atoms with Gasteiger partial charge in [-0.2, -0.15) is 0 Å². The lowest BCUT2D eigenvalue weighted by atomic mass is 9.87. The summed E-state index contributed by atoms with van der Waals surface area (Å²) in [6.07, 6.45) is 5.09. The molecule has 0 radical (unpaired) electrons. The van der Waals surface area contributed by atoms with Gasteiger partial charge < -0.3 is 4.74 Å². The Morgan fingerprint density at radius 2 is 1.67 bits per heavy atom. The summed E-state index contributed by atoms with van der Waals surface area (Å²) in [5.41, 5.74) is 1.83. The van der Waals surface area contributed by atoms with E-state index in [1.807, 2.05) is 20.8 Å². The second-order valence-corrected chi connectivity index (χ2v) is 6.45. The third-order valence-corrected chi connectivity index (χ3v) is 4.57. The first-order valence-electron chi connectivity index (χ1n) is 7.13. The van der Waals surface area contributed by atoms with Crippen LogP contribution < -0.4 is 0 Å². The molecule has 0 unspecified atom stereocenters. The molecule has 0 aromatic rings. The van der Waals surface area contributed by atoms with E-state index < -0.39 is 0 Å². The fourth-order valence-corrected chi connectivity index (χ4v) is 2.42. The van der Waals surface area contributed by atoms with Crippen LogP contribution in [0.3, 0.4) is 0 Å². The Kier molecular flexibility index (Phi) is 4.63. The highest BCUT2D eigenvalue weighted by atomic mass is 16.6. The maximum Gasteiger partial charge on any atom is 0.312 e. The molecule has 0 heterocycles. The van der Waals surface area contributed by atoms with Gasteiger partial charge in [0.1, 0.15) is 5.60 Å². The number of ether oxygens (including phenoxy) is 1. The lowest BCUT2D eigenvalue weighted by Gasteiger charge is -2.35. The van der Waals surface area contributed by atoms with Gasteiger partial charge in [-0.1, -0.05) is 12.5 Å². The van der Waals surface area contributed by atoms with Gasteiger partial charge in [0, 0.05) is 0 Å². The molecule has 0 aromatic heterocycles. The Bertz CT molecular complexity index is 340. The lowest BCUT2D eigenvalue weighted by molar-refractivity contribution is -0.166. The van der Waals surface area contributed by atoms with Gasteiger partial charge >= 0.3 is 5.97 Å². The van der Waals surface area contributed by atoms with Crippen molar-refractivity contribution in [1.29, 1.82) is 0 Å². The highest BCUT2D eigenvalue weighted by Crippen LogP contribution is 2.42. The van der Waals surface area contributed by atoms with E-state index in [4.69, 9.17) is 4.74 Å². The Morgan fingerprint density at radius 1 is 1.17 bits per heavy atom. The number of rotatable bonds is 4. The van der Waals surface area contributed by atoms with Crippen LogP contribution in [0.4, 0.5) is 0 Å². The number of carbonyl (C=O) groups excluding carboxylic acids is 1. The normalized spacial score (nSPS) is 18.6. The highest BCUT2D eigenvalue weighted by Gasteiger charge is 2.42. The molecule has 1 fully saturated rings. The van der Waals surface area contributed by atoms with E-state index >= 15 is 0 Å². The maximum absolute atomic E-state index is 12.3. The van der Waals surface area contributed by atoms with E-state index in [1.165, 1.54) is 11.1 Å². The zero-order chi connectivity index (χ0) is 14.0. The van der Waals surface area contributed by atoms with Crippen molar-refractivity contribution in [3.05, 3.63) is 11.1 Å². The van der Waals surface area contributed by atoms with Crippen molar-refractivity contribution in [2.24, 2.45) is 5.41 Å². The van der Waals surface area contributed by atoms with Gasteiger partial charge in [-0.05, 0) is 72.3 Å². The van der Waals surface area contributed by atoms with Crippen LogP contribution in [0.5, 0.6) is 0 Å². The van der Waals surface area contributed by atoms with Crippen molar-refractivity contribution < 1.29 is 9.53 Å². The number of hydrogen-bond acceptors (Lipinski definition) is 2. The summed E-state index contributed by atoms with van der Waals surface area (Å²) in [7, 11) is 0. The van der Waals surface area contributed by atoms with E-state index in [0.29, 0.717) is 0 Å². The molecule has 18 heavy (non-hydrogen) atoms. The Balaban J connectivity index is 2.96. The molecule has 0 saturated heterocycles. The second kappa shape index (κ2) is 5.46. The molecule has 0 bridgehead atoms. The predicted octanol–water partition coefficient (Wildman–Crippen LogP) is 4.63. The second-order valence-electron chi connectivity index (χ2n) is 6.45. The average molecular weight is 252 g/mol. The van der Waals surface area contributed by atoms with Crippen LogP contribution in [-0.4, -0.2) is 11.6 Å². The van der Waals surface area contributed by atoms with Crippen LogP contribution in [0, 0.1) is 5.41 Å². The molecule has 1 rings (SSSR count). The van der Waals surface area contributed by atoms with Gasteiger partial charge in [0.15, 0.2) is 0 Å². The number of hydrogen-bond donors (Lipinski definition) is 0. The van der Waals surface area contributed by atoms with Crippen molar-refractivity contribution in [3.8, 4) is 0 Å². The SMILES string of the molecule is CCC(C)(C)C(=O)OC1(C(C)=C(C)C)CCCC1. The first-order chi connectivity index (χ1) is 8.25. The van der Waals surface area contributed by atoms with E-state index in [1.54, 1.807) is 0 Å². The third-order valence-electron chi connectivity index (χ3n) is 4.57. The molecule has 1 saturated carbocycles. The monoisotopic (exact) mass is 252 g/mol. The quantitative estimate of drug-likeness (QED) is 0.538. The average Bonchev–Trinajstić information content (AvgIpc) is 2.77.